The quantitative estimate of drug-likeness (QED) is 0.596. The first-order valence-corrected chi connectivity index (χ1v) is 7.63. The molecular weight excluding hydrogens is 305 g/mol. The average Bonchev–Trinajstić information content (AvgIpc) is 2.43. The summed E-state index contributed by atoms with van der Waals surface area (Å²) in [7, 11) is 1.45. The van der Waals surface area contributed by atoms with Crippen LogP contribution in [-0.4, -0.2) is 50.3 Å². The van der Waals surface area contributed by atoms with Gasteiger partial charge in [-0.2, -0.15) is 13.2 Å². The minimum absolute atomic E-state index is 0.286. The summed E-state index contributed by atoms with van der Waals surface area (Å²) in [6.45, 7) is 4.95. The van der Waals surface area contributed by atoms with Crippen LogP contribution in [0.25, 0.3) is 0 Å². The van der Waals surface area contributed by atoms with E-state index in [9.17, 15) is 13.2 Å². The summed E-state index contributed by atoms with van der Waals surface area (Å²) in [5.41, 5.74) is 2.26. The van der Waals surface area contributed by atoms with Gasteiger partial charge in [0.05, 0.1) is 13.1 Å². The number of rotatable bonds is 7. The SMILES string of the molecule is CCNC(=NCc1cccc(C)c1)NCCN(C)CC(F)(F)F. The fourth-order valence-corrected chi connectivity index (χ4v) is 2.07. The van der Waals surface area contributed by atoms with Crippen LogP contribution in [-0.2, 0) is 6.54 Å². The van der Waals surface area contributed by atoms with Gasteiger partial charge in [0, 0.05) is 19.6 Å². The Balaban J connectivity index is 2.46. The molecule has 1 aromatic carbocycles. The van der Waals surface area contributed by atoms with Crippen molar-refractivity contribution in [2.45, 2.75) is 26.6 Å². The molecule has 0 spiro atoms. The van der Waals surface area contributed by atoms with Crippen molar-refractivity contribution < 1.29 is 13.2 Å². The van der Waals surface area contributed by atoms with Crippen LogP contribution in [0.15, 0.2) is 29.3 Å². The van der Waals surface area contributed by atoms with Crippen LogP contribution in [0.1, 0.15) is 18.1 Å². The van der Waals surface area contributed by atoms with Crippen molar-refractivity contribution in [2.24, 2.45) is 4.99 Å². The molecule has 0 radical (unpaired) electrons. The van der Waals surface area contributed by atoms with Crippen LogP contribution >= 0.6 is 0 Å². The van der Waals surface area contributed by atoms with Gasteiger partial charge in [0.1, 0.15) is 0 Å². The number of benzene rings is 1. The Morgan fingerprint density at radius 1 is 1.26 bits per heavy atom. The third-order valence-corrected chi connectivity index (χ3v) is 3.08. The average molecular weight is 330 g/mol. The Labute approximate surface area is 135 Å². The van der Waals surface area contributed by atoms with Gasteiger partial charge in [-0.15, -0.1) is 0 Å². The molecule has 23 heavy (non-hydrogen) atoms. The highest BCUT2D eigenvalue weighted by molar-refractivity contribution is 5.79. The van der Waals surface area contributed by atoms with Crippen LogP contribution in [0.5, 0.6) is 0 Å². The molecule has 0 heterocycles. The van der Waals surface area contributed by atoms with Gasteiger partial charge in [0.25, 0.3) is 0 Å². The number of hydrogen-bond acceptors (Lipinski definition) is 2. The number of likely N-dealkylation sites (N-methyl/N-ethyl adjacent to an activating group) is 1. The highest BCUT2D eigenvalue weighted by Crippen LogP contribution is 2.14. The Bertz CT molecular complexity index is 500. The minimum Gasteiger partial charge on any atom is -0.357 e. The molecule has 4 nitrogen and oxygen atoms in total. The largest absolute Gasteiger partial charge is 0.401 e. The van der Waals surface area contributed by atoms with Crippen LogP contribution < -0.4 is 10.6 Å². The van der Waals surface area contributed by atoms with Crippen LogP contribution in [0.3, 0.4) is 0 Å². The van der Waals surface area contributed by atoms with Crippen LogP contribution in [0.4, 0.5) is 13.2 Å². The van der Waals surface area contributed by atoms with Crippen molar-refractivity contribution >= 4 is 5.96 Å². The first kappa shape index (κ1) is 19.3. The second kappa shape index (κ2) is 9.39. The van der Waals surface area contributed by atoms with Crippen molar-refractivity contribution in [1.29, 1.82) is 0 Å². The van der Waals surface area contributed by atoms with Gasteiger partial charge >= 0.3 is 6.18 Å². The summed E-state index contributed by atoms with van der Waals surface area (Å²) < 4.78 is 36.8. The molecule has 0 unspecified atom stereocenters. The molecule has 0 amide bonds. The first-order valence-electron chi connectivity index (χ1n) is 7.63. The number of nitrogens with zero attached hydrogens (tertiary/aromatic N) is 2. The lowest BCUT2D eigenvalue weighted by molar-refractivity contribution is -0.142. The molecular formula is C16H25F3N4. The highest BCUT2D eigenvalue weighted by Gasteiger charge is 2.28. The Kier molecular flexibility index (Phi) is 7.88. The van der Waals surface area contributed by atoms with E-state index in [0.717, 1.165) is 5.56 Å². The Morgan fingerprint density at radius 2 is 2.00 bits per heavy atom. The first-order chi connectivity index (χ1) is 10.8. The zero-order valence-corrected chi connectivity index (χ0v) is 13.9. The second-order valence-corrected chi connectivity index (χ2v) is 5.46. The van der Waals surface area contributed by atoms with Crippen molar-refractivity contribution in [3.05, 3.63) is 35.4 Å². The van der Waals surface area contributed by atoms with E-state index in [1.165, 1.54) is 17.5 Å². The number of aliphatic imine (C=N–C) groups is 1. The standard InChI is InChI=1S/C16H25F3N4/c1-4-20-15(21-8-9-23(3)12-16(17,18)19)22-11-14-7-5-6-13(2)10-14/h5-7,10H,4,8-9,11-12H2,1-3H3,(H2,20,21,22). The number of aryl methyl sites for hydroxylation is 1. The predicted molar refractivity (Wildman–Crippen MR) is 87.5 cm³/mol. The highest BCUT2D eigenvalue weighted by atomic mass is 19.4. The van der Waals surface area contributed by atoms with E-state index in [1.807, 2.05) is 32.0 Å². The molecule has 7 heteroatoms. The van der Waals surface area contributed by atoms with Gasteiger partial charge < -0.3 is 10.6 Å². The maximum absolute atomic E-state index is 12.3. The minimum atomic E-state index is -4.17. The van der Waals surface area contributed by atoms with Gasteiger partial charge in [-0.05, 0) is 26.5 Å². The van der Waals surface area contributed by atoms with E-state index in [1.54, 1.807) is 0 Å². The number of alkyl halides is 3. The van der Waals surface area contributed by atoms with E-state index in [4.69, 9.17) is 0 Å². The Hall–Kier alpha value is -1.76. The molecule has 1 aromatic rings. The summed E-state index contributed by atoms with van der Waals surface area (Å²) >= 11 is 0. The van der Waals surface area contributed by atoms with Gasteiger partial charge in [-0.25, -0.2) is 4.99 Å². The lowest BCUT2D eigenvalue weighted by atomic mass is 10.1. The van der Waals surface area contributed by atoms with Crippen LogP contribution in [0, 0.1) is 6.92 Å². The fourth-order valence-electron chi connectivity index (χ4n) is 2.07. The number of guanidine groups is 1. The van der Waals surface area contributed by atoms with E-state index in [-0.39, 0.29) is 6.54 Å². The Morgan fingerprint density at radius 3 is 2.61 bits per heavy atom. The third kappa shape index (κ3) is 9.07. The second-order valence-electron chi connectivity index (χ2n) is 5.46. The molecule has 0 aromatic heterocycles. The summed E-state index contributed by atoms with van der Waals surface area (Å²) in [5, 5.41) is 6.14. The molecule has 0 bridgehead atoms. The molecule has 0 saturated carbocycles. The molecule has 0 aliphatic heterocycles. The summed E-state index contributed by atoms with van der Waals surface area (Å²) in [4.78, 5) is 5.68. The molecule has 0 saturated heterocycles. The zero-order chi connectivity index (χ0) is 17.3. The maximum Gasteiger partial charge on any atom is 0.401 e. The normalized spacial score (nSPS) is 12.6. The molecule has 0 aliphatic rings. The van der Waals surface area contributed by atoms with Crippen molar-refractivity contribution in [3.63, 3.8) is 0 Å². The lowest BCUT2D eigenvalue weighted by Gasteiger charge is -2.19. The topological polar surface area (TPSA) is 39.7 Å². The molecule has 0 fully saturated rings. The van der Waals surface area contributed by atoms with E-state index in [0.29, 0.717) is 25.6 Å². The van der Waals surface area contributed by atoms with Gasteiger partial charge in [0.15, 0.2) is 5.96 Å². The number of hydrogen-bond donors (Lipinski definition) is 2. The monoisotopic (exact) mass is 330 g/mol. The fraction of sp³-hybridized carbons (Fsp3) is 0.562. The predicted octanol–water partition coefficient (Wildman–Crippen LogP) is 2.54. The lowest BCUT2D eigenvalue weighted by Crippen LogP contribution is -2.42. The zero-order valence-electron chi connectivity index (χ0n) is 13.9. The van der Waals surface area contributed by atoms with E-state index in [2.05, 4.69) is 21.7 Å². The molecule has 130 valence electrons. The number of halogens is 3. The smallest absolute Gasteiger partial charge is 0.357 e. The van der Waals surface area contributed by atoms with Gasteiger partial charge in [-0.1, -0.05) is 29.8 Å². The van der Waals surface area contributed by atoms with E-state index >= 15 is 0 Å². The van der Waals surface area contributed by atoms with E-state index < -0.39 is 12.7 Å². The van der Waals surface area contributed by atoms with Gasteiger partial charge in [-0.3, -0.25) is 4.90 Å². The summed E-state index contributed by atoms with van der Waals surface area (Å²) in [5.74, 6) is 0.606. The molecule has 2 N–H and O–H groups in total. The summed E-state index contributed by atoms with van der Waals surface area (Å²) in [6, 6.07) is 8.06. The summed E-state index contributed by atoms with van der Waals surface area (Å²) in [6.07, 6.45) is -4.17. The molecule has 1 rings (SSSR count). The van der Waals surface area contributed by atoms with Crippen molar-refractivity contribution in [1.82, 2.24) is 15.5 Å². The van der Waals surface area contributed by atoms with Crippen molar-refractivity contribution in [2.75, 3.05) is 33.2 Å². The molecule has 0 aliphatic carbocycles. The maximum atomic E-state index is 12.3. The third-order valence-electron chi connectivity index (χ3n) is 3.08. The van der Waals surface area contributed by atoms with Crippen LogP contribution in [0.2, 0.25) is 0 Å². The van der Waals surface area contributed by atoms with Gasteiger partial charge in [0.2, 0.25) is 0 Å². The van der Waals surface area contributed by atoms with Crippen molar-refractivity contribution in [3.8, 4) is 0 Å². The number of nitrogens with one attached hydrogen (secondary N) is 2. The molecule has 0 atom stereocenters.